The Balaban J connectivity index is 2.80. The summed E-state index contributed by atoms with van der Waals surface area (Å²) >= 11 is 7.44. The smallest absolute Gasteiger partial charge is 0.123 e. The minimum Gasteiger partial charge on any atom is -0.229 e. The first-order chi connectivity index (χ1) is 5.33. The first kappa shape index (κ1) is 7.13. The van der Waals surface area contributed by atoms with Crippen molar-refractivity contribution in [2.45, 2.75) is 12.8 Å². The fourth-order valence-corrected chi connectivity index (χ4v) is 2.37. The number of thiazole rings is 1. The zero-order chi connectivity index (χ0) is 7.84. The Labute approximate surface area is 73.4 Å². The van der Waals surface area contributed by atoms with Crippen LogP contribution < -0.4 is 0 Å². The molecule has 2 nitrogen and oxygen atoms in total. The van der Waals surface area contributed by atoms with E-state index in [1.54, 1.807) is 11.3 Å². The van der Waals surface area contributed by atoms with E-state index < -0.39 is 0 Å². The lowest BCUT2D eigenvalue weighted by Crippen LogP contribution is -1.79. The molecule has 2 aromatic heterocycles. The molecule has 0 unspecified atom stereocenters. The van der Waals surface area contributed by atoms with Gasteiger partial charge in [0, 0.05) is 17.1 Å². The number of aromatic nitrogens is 2. The molecule has 0 saturated carbocycles. The fraction of sp³-hybridized carbons (Fsp3) is 0.286. The highest BCUT2D eigenvalue weighted by Gasteiger charge is 2.07. The molecule has 0 radical (unpaired) electrons. The van der Waals surface area contributed by atoms with Crippen molar-refractivity contribution in [3.05, 3.63) is 22.8 Å². The third-order valence-corrected chi connectivity index (χ3v) is 2.86. The number of fused-ring (bicyclic) bond motifs is 1. The maximum Gasteiger partial charge on any atom is 0.123 e. The second-order valence-corrected chi connectivity index (χ2v) is 3.51. The van der Waals surface area contributed by atoms with E-state index in [0.717, 1.165) is 16.1 Å². The number of nitrogens with zero attached hydrogens (tertiary/aromatic N) is 2. The summed E-state index contributed by atoms with van der Waals surface area (Å²) < 4.78 is 1.87. The minimum absolute atomic E-state index is 0.551. The van der Waals surface area contributed by atoms with Gasteiger partial charge in [-0.15, -0.1) is 22.9 Å². The monoisotopic (exact) mass is 186 g/mol. The molecule has 58 valence electrons. The van der Waals surface area contributed by atoms with Gasteiger partial charge in [-0.2, -0.15) is 5.10 Å². The van der Waals surface area contributed by atoms with Gasteiger partial charge in [-0.25, -0.2) is 4.52 Å². The molecule has 2 heterocycles. The van der Waals surface area contributed by atoms with Crippen molar-refractivity contribution in [1.29, 1.82) is 0 Å². The summed E-state index contributed by atoms with van der Waals surface area (Å²) in [5, 5.41) is 6.30. The predicted molar refractivity (Wildman–Crippen MR) is 47.4 cm³/mol. The molecule has 0 atom stereocenters. The highest BCUT2D eigenvalue weighted by molar-refractivity contribution is 7.15. The van der Waals surface area contributed by atoms with Crippen LogP contribution in [0.15, 0.2) is 11.6 Å². The summed E-state index contributed by atoms with van der Waals surface area (Å²) in [5.74, 6) is 0.551. The van der Waals surface area contributed by atoms with Gasteiger partial charge < -0.3 is 0 Å². The van der Waals surface area contributed by atoms with Crippen molar-refractivity contribution in [2.24, 2.45) is 0 Å². The van der Waals surface area contributed by atoms with Crippen LogP contribution in [-0.2, 0) is 5.88 Å². The first-order valence-electron chi connectivity index (χ1n) is 3.30. The molecule has 2 rings (SSSR count). The average Bonchev–Trinajstić information content (AvgIpc) is 2.46. The van der Waals surface area contributed by atoms with E-state index in [0.29, 0.717) is 5.88 Å². The van der Waals surface area contributed by atoms with Crippen molar-refractivity contribution in [1.82, 2.24) is 9.61 Å². The fourth-order valence-electron chi connectivity index (χ4n) is 1.09. The van der Waals surface area contributed by atoms with Crippen LogP contribution >= 0.6 is 22.9 Å². The van der Waals surface area contributed by atoms with Gasteiger partial charge in [0.1, 0.15) is 4.83 Å². The lowest BCUT2D eigenvalue weighted by molar-refractivity contribution is 0.946. The summed E-state index contributed by atoms with van der Waals surface area (Å²) in [7, 11) is 0. The molecule has 0 bridgehead atoms. The van der Waals surface area contributed by atoms with Crippen LogP contribution in [0, 0.1) is 6.92 Å². The third kappa shape index (κ3) is 0.957. The SMILES string of the molecule is Cc1nn2ccsc2c1CCl. The maximum atomic E-state index is 5.76. The molecule has 0 N–H and O–H groups in total. The van der Waals surface area contributed by atoms with Gasteiger partial charge in [0.05, 0.1) is 11.6 Å². The second-order valence-electron chi connectivity index (χ2n) is 2.35. The molecule has 0 saturated heterocycles. The van der Waals surface area contributed by atoms with Crippen molar-refractivity contribution >= 4 is 27.8 Å². The number of hydrogen-bond acceptors (Lipinski definition) is 2. The standard InChI is InChI=1S/C7H7ClN2S/c1-5-6(4-8)7-10(9-5)2-3-11-7/h2-3H,4H2,1H3. The van der Waals surface area contributed by atoms with Crippen LogP contribution in [0.2, 0.25) is 0 Å². The molecule has 0 amide bonds. The molecule has 2 aromatic rings. The molecule has 0 aromatic carbocycles. The zero-order valence-electron chi connectivity index (χ0n) is 6.04. The molecule has 0 spiro atoms. The predicted octanol–water partition coefficient (Wildman–Crippen LogP) is 2.44. The van der Waals surface area contributed by atoms with E-state index in [9.17, 15) is 0 Å². The topological polar surface area (TPSA) is 17.3 Å². The first-order valence-corrected chi connectivity index (χ1v) is 4.71. The minimum atomic E-state index is 0.551. The average molecular weight is 187 g/mol. The summed E-state index contributed by atoms with van der Waals surface area (Å²) in [4.78, 5) is 1.16. The highest BCUT2D eigenvalue weighted by Crippen LogP contribution is 2.21. The number of rotatable bonds is 1. The summed E-state index contributed by atoms with van der Waals surface area (Å²) in [6.07, 6.45) is 1.95. The van der Waals surface area contributed by atoms with Crippen LogP contribution in [0.5, 0.6) is 0 Å². The van der Waals surface area contributed by atoms with E-state index in [1.165, 1.54) is 0 Å². The summed E-state index contributed by atoms with van der Waals surface area (Å²) in [6.45, 7) is 1.98. The molecule has 0 aliphatic rings. The van der Waals surface area contributed by atoms with E-state index in [1.807, 2.05) is 23.0 Å². The number of hydrogen-bond donors (Lipinski definition) is 0. The van der Waals surface area contributed by atoms with E-state index in [2.05, 4.69) is 5.10 Å². The normalized spacial score (nSPS) is 11.1. The quantitative estimate of drug-likeness (QED) is 0.626. The lowest BCUT2D eigenvalue weighted by atomic mass is 10.3. The van der Waals surface area contributed by atoms with Gasteiger partial charge in [-0.3, -0.25) is 0 Å². The largest absolute Gasteiger partial charge is 0.229 e. The Morgan fingerprint density at radius 1 is 1.73 bits per heavy atom. The Morgan fingerprint density at radius 2 is 2.55 bits per heavy atom. The Morgan fingerprint density at radius 3 is 3.27 bits per heavy atom. The zero-order valence-corrected chi connectivity index (χ0v) is 7.61. The molecular formula is C7H7ClN2S. The lowest BCUT2D eigenvalue weighted by Gasteiger charge is -1.86. The van der Waals surface area contributed by atoms with Crippen LogP contribution in [0.4, 0.5) is 0 Å². The van der Waals surface area contributed by atoms with Gasteiger partial charge in [0.15, 0.2) is 0 Å². The molecule has 0 aliphatic carbocycles. The van der Waals surface area contributed by atoms with E-state index in [-0.39, 0.29) is 0 Å². The summed E-state index contributed by atoms with van der Waals surface area (Å²) in [6, 6.07) is 0. The Hall–Kier alpha value is -0.540. The van der Waals surface area contributed by atoms with Crippen LogP contribution in [0.3, 0.4) is 0 Å². The van der Waals surface area contributed by atoms with Gasteiger partial charge >= 0.3 is 0 Å². The van der Waals surface area contributed by atoms with Crippen molar-refractivity contribution in [2.75, 3.05) is 0 Å². The Kier molecular flexibility index (Phi) is 1.62. The van der Waals surface area contributed by atoms with Gasteiger partial charge in [-0.1, -0.05) is 0 Å². The second kappa shape index (κ2) is 2.50. The van der Waals surface area contributed by atoms with Crippen LogP contribution in [-0.4, -0.2) is 9.61 Å². The maximum absolute atomic E-state index is 5.76. The van der Waals surface area contributed by atoms with E-state index in [4.69, 9.17) is 11.6 Å². The van der Waals surface area contributed by atoms with Crippen molar-refractivity contribution < 1.29 is 0 Å². The van der Waals surface area contributed by atoms with Crippen molar-refractivity contribution in [3.63, 3.8) is 0 Å². The molecule has 0 aliphatic heterocycles. The number of alkyl halides is 1. The Bertz CT molecular complexity index is 377. The number of aryl methyl sites for hydroxylation is 1. The van der Waals surface area contributed by atoms with Crippen molar-refractivity contribution in [3.8, 4) is 0 Å². The third-order valence-electron chi connectivity index (χ3n) is 1.68. The highest BCUT2D eigenvalue weighted by atomic mass is 35.5. The molecular weight excluding hydrogens is 180 g/mol. The van der Waals surface area contributed by atoms with Gasteiger partial charge in [0.2, 0.25) is 0 Å². The van der Waals surface area contributed by atoms with E-state index >= 15 is 0 Å². The van der Waals surface area contributed by atoms with Crippen LogP contribution in [0.25, 0.3) is 4.83 Å². The molecule has 11 heavy (non-hydrogen) atoms. The van der Waals surface area contributed by atoms with Crippen LogP contribution in [0.1, 0.15) is 11.3 Å². The number of halogens is 1. The van der Waals surface area contributed by atoms with Gasteiger partial charge in [-0.05, 0) is 6.92 Å². The summed E-state index contributed by atoms with van der Waals surface area (Å²) in [5.41, 5.74) is 2.19. The molecule has 4 heteroatoms. The molecule has 0 fully saturated rings. The van der Waals surface area contributed by atoms with Gasteiger partial charge in [0.25, 0.3) is 0 Å².